The summed E-state index contributed by atoms with van der Waals surface area (Å²) in [5.74, 6) is 0.295. The van der Waals surface area contributed by atoms with Gasteiger partial charge in [0, 0.05) is 18.2 Å². The largest absolute Gasteiger partial charge is 0.294 e. The van der Waals surface area contributed by atoms with E-state index < -0.39 is 0 Å². The molecule has 1 aliphatic carbocycles. The van der Waals surface area contributed by atoms with Gasteiger partial charge >= 0.3 is 0 Å². The van der Waals surface area contributed by atoms with Gasteiger partial charge in [-0.1, -0.05) is 72.8 Å². The second-order valence-electron chi connectivity index (χ2n) is 7.54. The molecule has 142 valence electrons. The minimum absolute atomic E-state index is 0.137. The molecule has 2 aromatic heterocycles. The number of fused-ring (bicyclic) bond motifs is 3. The van der Waals surface area contributed by atoms with Crippen molar-refractivity contribution in [1.82, 2.24) is 14.6 Å². The van der Waals surface area contributed by atoms with E-state index in [1.165, 1.54) is 0 Å². The third-order valence-corrected chi connectivity index (χ3v) is 5.54. The molecule has 0 spiro atoms. The second-order valence-corrected chi connectivity index (χ2v) is 7.54. The van der Waals surface area contributed by atoms with Gasteiger partial charge in [-0.3, -0.25) is 4.79 Å². The first-order valence-corrected chi connectivity index (χ1v) is 9.90. The Morgan fingerprint density at radius 3 is 2.48 bits per heavy atom. The van der Waals surface area contributed by atoms with Crippen molar-refractivity contribution in [1.29, 1.82) is 0 Å². The lowest BCUT2D eigenvalue weighted by Gasteiger charge is -2.21. The average molecular weight is 379 g/mol. The maximum atomic E-state index is 12.8. The molecule has 0 radical (unpaired) electrons. The summed E-state index contributed by atoms with van der Waals surface area (Å²) in [6, 6.07) is 20.4. The molecule has 5 rings (SSSR count). The predicted octanol–water partition coefficient (Wildman–Crippen LogP) is 5.16. The van der Waals surface area contributed by atoms with E-state index in [2.05, 4.69) is 41.4 Å². The Morgan fingerprint density at radius 2 is 1.72 bits per heavy atom. The zero-order chi connectivity index (χ0) is 19.8. The molecule has 2 heterocycles. The number of Topliss-reactive ketones (excluding diaryl/α,β-unsaturated/α-hetero) is 1. The number of nitrogens with zero attached hydrogens (tertiary/aromatic N) is 3. The van der Waals surface area contributed by atoms with E-state index in [1.807, 2.05) is 47.8 Å². The van der Waals surface area contributed by atoms with Crippen LogP contribution in [0.25, 0.3) is 22.9 Å². The van der Waals surface area contributed by atoms with Gasteiger partial charge in [0.05, 0.1) is 17.0 Å². The van der Waals surface area contributed by atoms with Crippen LogP contribution in [0, 0.1) is 12.8 Å². The standard InChI is InChI=1S/C25H21N3O/c1-17-24(20-10-6-3-7-11-20)25-26-16-21-22(28(25)27-17)14-19(15-23(21)29)13-12-18-8-4-2-5-9-18/h2-13,16,19H,14-15H2,1H3. The van der Waals surface area contributed by atoms with E-state index in [-0.39, 0.29) is 11.7 Å². The van der Waals surface area contributed by atoms with Gasteiger partial charge in [0.1, 0.15) is 0 Å². The van der Waals surface area contributed by atoms with Crippen molar-refractivity contribution in [2.45, 2.75) is 19.8 Å². The smallest absolute Gasteiger partial charge is 0.166 e. The number of aromatic nitrogens is 3. The van der Waals surface area contributed by atoms with Crippen molar-refractivity contribution in [2.75, 3.05) is 0 Å². The third kappa shape index (κ3) is 3.17. The van der Waals surface area contributed by atoms with Crippen LogP contribution in [0.2, 0.25) is 0 Å². The van der Waals surface area contributed by atoms with E-state index in [0.717, 1.165) is 40.1 Å². The molecule has 0 N–H and O–H groups in total. The molecule has 4 heteroatoms. The Bertz CT molecular complexity index is 1220. The van der Waals surface area contributed by atoms with E-state index in [4.69, 9.17) is 5.10 Å². The number of aryl methyl sites for hydroxylation is 1. The summed E-state index contributed by atoms with van der Waals surface area (Å²) >= 11 is 0. The Labute approximate surface area is 169 Å². The normalized spacial score (nSPS) is 16.4. The molecule has 2 aromatic carbocycles. The van der Waals surface area contributed by atoms with E-state index >= 15 is 0 Å². The summed E-state index contributed by atoms with van der Waals surface area (Å²) in [6.07, 6.45) is 7.27. The van der Waals surface area contributed by atoms with Gasteiger partial charge in [-0.05, 0) is 30.4 Å². The molecule has 0 bridgehead atoms. The minimum Gasteiger partial charge on any atom is -0.294 e. The first-order valence-electron chi connectivity index (χ1n) is 9.90. The molecule has 4 nitrogen and oxygen atoms in total. The van der Waals surface area contributed by atoms with Crippen molar-refractivity contribution < 1.29 is 4.79 Å². The first-order chi connectivity index (χ1) is 14.2. The van der Waals surface area contributed by atoms with Crippen molar-refractivity contribution in [2.24, 2.45) is 5.92 Å². The average Bonchev–Trinajstić information content (AvgIpc) is 3.10. The molecule has 1 aliphatic rings. The Hall–Kier alpha value is -3.53. The number of carbonyl (C=O) groups excluding carboxylic acids is 1. The topological polar surface area (TPSA) is 47.3 Å². The number of allylic oxidation sites excluding steroid dienone is 1. The summed E-state index contributed by atoms with van der Waals surface area (Å²) in [4.78, 5) is 17.4. The molecule has 1 unspecified atom stereocenters. The molecule has 29 heavy (non-hydrogen) atoms. The Kier molecular flexibility index (Phi) is 4.32. The molecule has 1 atom stereocenters. The number of ketones is 1. The highest BCUT2D eigenvalue weighted by molar-refractivity contribution is 5.98. The van der Waals surface area contributed by atoms with Gasteiger partial charge in [0.2, 0.25) is 0 Å². The maximum Gasteiger partial charge on any atom is 0.166 e. The molecule has 0 fully saturated rings. The van der Waals surface area contributed by atoms with Crippen LogP contribution in [0.15, 0.2) is 72.9 Å². The summed E-state index contributed by atoms with van der Waals surface area (Å²) in [6.45, 7) is 2.00. The highest BCUT2D eigenvalue weighted by Gasteiger charge is 2.28. The van der Waals surface area contributed by atoms with Crippen LogP contribution in [-0.2, 0) is 6.42 Å². The lowest BCUT2D eigenvalue weighted by Crippen LogP contribution is -2.22. The highest BCUT2D eigenvalue weighted by atomic mass is 16.1. The first kappa shape index (κ1) is 17.6. The SMILES string of the molecule is Cc1nn2c3c(cnc2c1-c1ccccc1)C(=O)CC(C=Cc1ccccc1)C3. The number of benzene rings is 2. The molecular weight excluding hydrogens is 358 g/mol. The van der Waals surface area contributed by atoms with E-state index in [1.54, 1.807) is 6.20 Å². The molecule has 0 aliphatic heterocycles. The van der Waals surface area contributed by atoms with Crippen LogP contribution in [0.4, 0.5) is 0 Å². The minimum atomic E-state index is 0.137. The fraction of sp³-hybridized carbons (Fsp3) is 0.160. The Morgan fingerprint density at radius 1 is 1.00 bits per heavy atom. The third-order valence-electron chi connectivity index (χ3n) is 5.54. The molecule has 0 amide bonds. The van der Waals surface area contributed by atoms with Crippen LogP contribution in [-0.4, -0.2) is 20.4 Å². The summed E-state index contributed by atoms with van der Waals surface area (Å²) in [5.41, 5.74) is 6.66. The summed E-state index contributed by atoms with van der Waals surface area (Å²) < 4.78 is 1.88. The molecule has 0 saturated carbocycles. The number of hydrogen-bond acceptors (Lipinski definition) is 3. The van der Waals surface area contributed by atoms with Crippen LogP contribution in [0.3, 0.4) is 0 Å². The summed E-state index contributed by atoms with van der Waals surface area (Å²) in [5, 5.41) is 4.77. The zero-order valence-electron chi connectivity index (χ0n) is 16.2. The maximum absolute atomic E-state index is 12.8. The predicted molar refractivity (Wildman–Crippen MR) is 115 cm³/mol. The van der Waals surface area contributed by atoms with Gasteiger partial charge < -0.3 is 0 Å². The van der Waals surface area contributed by atoms with Gasteiger partial charge in [0.25, 0.3) is 0 Å². The van der Waals surface area contributed by atoms with Crippen LogP contribution in [0.5, 0.6) is 0 Å². The lowest BCUT2D eigenvalue weighted by molar-refractivity contribution is 0.0957. The van der Waals surface area contributed by atoms with Crippen LogP contribution in [0.1, 0.15) is 33.7 Å². The van der Waals surface area contributed by atoms with Crippen LogP contribution < -0.4 is 0 Å². The van der Waals surface area contributed by atoms with Crippen molar-refractivity contribution in [3.8, 4) is 11.1 Å². The van der Waals surface area contributed by atoms with Crippen molar-refractivity contribution >= 4 is 17.5 Å². The van der Waals surface area contributed by atoms with Crippen LogP contribution >= 0.6 is 0 Å². The number of rotatable bonds is 3. The molecule has 4 aromatic rings. The summed E-state index contributed by atoms with van der Waals surface area (Å²) in [7, 11) is 0. The van der Waals surface area contributed by atoms with Gasteiger partial charge in [-0.2, -0.15) is 5.10 Å². The van der Waals surface area contributed by atoms with E-state index in [9.17, 15) is 4.79 Å². The zero-order valence-corrected chi connectivity index (χ0v) is 16.2. The Balaban J connectivity index is 1.57. The fourth-order valence-electron chi connectivity index (χ4n) is 4.12. The van der Waals surface area contributed by atoms with Gasteiger partial charge in [-0.15, -0.1) is 0 Å². The molecule has 0 saturated heterocycles. The quantitative estimate of drug-likeness (QED) is 0.494. The van der Waals surface area contributed by atoms with Crippen molar-refractivity contribution in [3.05, 3.63) is 95.5 Å². The fourth-order valence-corrected chi connectivity index (χ4v) is 4.12. The van der Waals surface area contributed by atoms with E-state index in [0.29, 0.717) is 12.0 Å². The number of carbonyl (C=O) groups is 1. The second kappa shape index (κ2) is 7.13. The van der Waals surface area contributed by atoms with Gasteiger partial charge in [0.15, 0.2) is 11.4 Å². The molecular formula is C25H21N3O. The van der Waals surface area contributed by atoms with Crippen molar-refractivity contribution in [3.63, 3.8) is 0 Å². The lowest BCUT2D eigenvalue weighted by atomic mass is 9.86. The monoisotopic (exact) mass is 379 g/mol. The highest BCUT2D eigenvalue weighted by Crippen LogP contribution is 2.32. The number of hydrogen-bond donors (Lipinski definition) is 0. The van der Waals surface area contributed by atoms with Gasteiger partial charge in [-0.25, -0.2) is 9.50 Å².